The van der Waals surface area contributed by atoms with Gasteiger partial charge in [-0.05, 0) is 48.7 Å². The van der Waals surface area contributed by atoms with E-state index in [0.29, 0.717) is 16.9 Å². The van der Waals surface area contributed by atoms with Crippen LogP contribution in [0.2, 0.25) is 0 Å². The van der Waals surface area contributed by atoms with E-state index in [1.807, 2.05) is 51.1 Å². The Morgan fingerprint density at radius 3 is 2.30 bits per heavy atom. The zero-order valence-corrected chi connectivity index (χ0v) is 21.0. The van der Waals surface area contributed by atoms with Crippen LogP contribution in [0.3, 0.4) is 0 Å². The molecule has 0 radical (unpaired) electrons. The molecule has 0 saturated carbocycles. The van der Waals surface area contributed by atoms with E-state index in [9.17, 15) is 24.2 Å². The van der Waals surface area contributed by atoms with E-state index < -0.39 is 30.4 Å². The highest BCUT2D eigenvalue weighted by Gasteiger charge is 2.26. The maximum Gasteiger partial charge on any atom is 0.305 e. The van der Waals surface area contributed by atoms with Crippen LogP contribution < -0.4 is 5.32 Å². The molecule has 1 heterocycles. The Hall–Kier alpha value is -3.82. The fraction of sp³-hybridized carbons (Fsp3) is 0.321. The van der Waals surface area contributed by atoms with Crippen LogP contribution in [0, 0.1) is 5.82 Å². The van der Waals surface area contributed by atoms with Crippen molar-refractivity contribution in [1.29, 1.82) is 0 Å². The predicted octanol–water partition coefficient (Wildman–Crippen LogP) is 4.23. The molecule has 196 valence electrons. The van der Waals surface area contributed by atoms with E-state index in [4.69, 9.17) is 5.11 Å². The molecule has 0 saturated heterocycles. The number of hydrogen-bond acceptors (Lipinski definition) is 5. The van der Waals surface area contributed by atoms with Gasteiger partial charge in [0.15, 0.2) is 5.69 Å². The quantitative estimate of drug-likeness (QED) is 0.307. The van der Waals surface area contributed by atoms with Gasteiger partial charge in [-0.3, -0.25) is 9.59 Å². The molecule has 0 unspecified atom stereocenters. The standard InChI is InChI=1S/C28H32FN3O5/c1-17(2)26-24(14-13-22(33)15-23(34)16-25(35)36)32(21-11-9-20(29)10-12-21)31-27(26)28(37)30-18(3)19-7-5-4-6-8-19/h4-14,17-18,22-23,33-34H,15-16H2,1-3H3,(H,30,37)(H,35,36)/b14-13+/t18-,22-,23+/m0/s1. The maximum atomic E-state index is 13.6. The highest BCUT2D eigenvalue weighted by Crippen LogP contribution is 2.28. The van der Waals surface area contributed by atoms with Gasteiger partial charge in [-0.2, -0.15) is 5.10 Å². The summed E-state index contributed by atoms with van der Waals surface area (Å²) in [4.78, 5) is 24.2. The van der Waals surface area contributed by atoms with Gasteiger partial charge in [-0.1, -0.05) is 50.3 Å². The number of benzene rings is 2. The van der Waals surface area contributed by atoms with Gasteiger partial charge < -0.3 is 20.6 Å². The van der Waals surface area contributed by atoms with Gasteiger partial charge in [0.2, 0.25) is 0 Å². The lowest BCUT2D eigenvalue weighted by atomic mass is 9.98. The number of aliphatic hydroxyl groups is 2. The molecule has 0 fully saturated rings. The van der Waals surface area contributed by atoms with Gasteiger partial charge in [0.1, 0.15) is 5.82 Å². The van der Waals surface area contributed by atoms with E-state index in [0.717, 1.165) is 5.56 Å². The number of rotatable bonds is 11. The van der Waals surface area contributed by atoms with Crippen LogP contribution >= 0.6 is 0 Å². The van der Waals surface area contributed by atoms with E-state index in [1.54, 1.807) is 6.08 Å². The first-order valence-electron chi connectivity index (χ1n) is 12.1. The minimum atomic E-state index is -1.22. The first-order valence-corrected chi connectivity index (χ1v) is 12.1. The molecule has 0 bridgehead atoms. The second-order valence-electron chi connectivity index (χ2n) is 9.21. The average Bonchev–Trinajstić information content (AvgIpc) is 3.23. The zero-order chi connectivity index (χ0) is 27.1. The number of aliphatic hydroxyl groups excluding tert-OH is 2. The van der Waals surface area contributed by atoms with Crippen molar-refractivity contribution in [2.75, 3.05) is 0 Å². The Morgan fingerprint density at radius 2 is 1.70 bits per heavy atom. The average molecular weight is 510 g/mol. The largest absolute Gasteiger partial charge is 0.481 e. The molecule has 0 aliphatic rings. The van der Waals surface area contributed by atoms with Gasteiger partial charge in [0, 0.05) is 12.0 Å². The molecule has 0 aliphatic carbocycles. The summed E-state index contributed by atoms with van der Waals surface area (Å²) in [6.07, 6.45) is -0.0129. The molecule has 8 nitrogen and oxygen atoms in total. The molecule has 3 atom stereocenters. The number of hydrogen-bond donors (Lipinski definition) is 4. The van der Waals surface area contributed by atoms with Crippen molar-refractivity contribution in [2.24, 2.45) is 0 Å². The van der Waals surface area contributed by atoms with Crippen molar-refractivity contribution in [1.82, 2.24) is 15.1 Å². The Balaban J connectivity index is 2.00. The number of nitrogens with one attached hydrogen (secondary N) is 1. The number of aromatic nitrogens is 2. The summed E-state index contributed by atoms with van der Waals surface area (Å²) in [7, 11) is 0. The lowest BCUT2D eigenvalue weighted by molar-refractivity contribution is -0.139. The minimum Gasteiger partial charge on any atom is -0.481 e. The fourth-order valence-electron chi connectivity index (χ4n) is 4.05. The third-order valence-electron chi connectivity index (χ3n) is 5.87. The molecule has 2 aromatic carbocycles. The summed E-state index contributed by atoms with van der Waals surface area (Å²) in [5.74, 6) is -2.11. The summed E-state index contributed by atoms with van der Waals surface area (Å²) < 4.78 is 15.1. The summed E-state index contributed by atoms with van der Waals surface area (Å²) in [6.45, 7) is 5.69. The lowest BCUT2D eigenvalue weighted by Gasteiger charge is -2.15. The number of carboxylic acids is 1. The fourth-order valence-corrected chi connectivity index (χ4v) is 4.05. The first-order chi connectivity index (χ1) is 17.6. The van der Waals surface area contributed by atoms with E-state index in [2.05, 4.69) is 10.4 Å². The molecule has 0 aliphatic heterocycles. The van der Waals surface area contributed by atoms with Crippen LogP contribution in [-0.2, 0) is 4.79 Å². The first kappa shape index (κ1) is 27.8. The number of carbonyl (C=O) groups is 2. The molecular formula is C28H32FN3O5. The highest BCUT2D eigenvalue weighted by molar-refractivity contribution is 5.95. The molecule has 4 N–H and O–H groups in total. The highest BCUT2D eigenvalue weighted by atomic mass is 19.1. The number of carbonyl (C=O) groups excluding carboxylic acids is 1. The normalized spacial score (nSPS) is 14.0. The molecular weight excluding hydrogens is 477 g/mol. The summed E-state index contributed by atoms with van der Waals surface area (Å²) >= 11 is 0. The zero-order valence-electron chi connectivity index (χ0n) is 21.0. The van der Waals surface area contributed by atoms with Crippen LogP contribution in [0.4, 0.5) is 4.39 Å². The number of carboxylic acid groups (broad SMARTS) is 1. The summed E-state index contributed by atoms with van der Waals surface area (Å²) in [6, 6.07) is 14.9. The van der Waals surface area contributed by atoms with Crippen molar-refractivity contribution >= 4 is 18.0 Å². The third kappa shape index (κ3) is 7.34. The number of nitrogens with zero attached hydrogens (tertiary/aromatic N) is 2. The second-order valence-corrected chi connectivity index (χ2v) is 9.21. The SMILES string of the molecule is CC(C)c1c(C(=O)N[C@@H](C)c2ccccc2)nn(-c2ccc(F)cc2)c1/C=C/[C@H](O)C[C@@H](O)CC(=O)O. The van der Waals surface area contributed by atoms with Gasteiger partial charge in [0.25, 0.3) is 5.91 Å². The Bertz CT molecular complexity index is 1240. The van der Waals surface area contributed by atoms with Crippen LogP contribution in [0.25, 0.3) is 11.8 Å². The smallest absolute Gasteiger partial charge is 0.305 e. The second kappa shape index (κ2) is 12.4. The Kier molecular flexibility index (Phi) is 9.32. The van der Waals surface area contributed by atoms with E-state index >= 15 is 0 Å². The van der Waals surface area contributed by atoms with Crippen molar-refractivity contribution in [3.63, 3.8) is 0 Å². The van der Waals surface area contributed by atoms with Crippen LogP contribution in [0.15, 0.2) is 60.7 Å². The molecule has 3 rings (SSSR count). The van der Waals surface area contributed by atoms with E-state index in [1.165, 1.54) is 35.0 Å². The molecule has 1 aromatic heterocycles. The molecule has 37 heavy (non-hydrogen) atoms. The van der Waals surface area contributed by atoms with Crippen molar-refractivity contribution in [3.05, 3.63) is 89.0 Å². The van der Waals surface area contributed by atoms with Crippen molar-refractivity contribution in [2.45, 2.75) is 57.8 Å². The van der Waals surface area contributed by atoms with Gasteiger partial charge in [0.05, 0.1) is 36.1 Å². The molecule has 0 spiro atoms. The number of halogens is 1. The summed E-state index contributed by atoms with van der Waals surface area (Å²) in [5, 5.41) is 36.6. The predicted molar refractivity (Wildman–Crippen MR) is 138 cm³/mol. The topological polar surface area (TPSA) is 125 Å². The molecule has 3 aromatic rings. The monoisotopic (exact) mass is 509 g/mol. The third-order valence-corrected chi connectivity index (χ3v) is 5.87. The summed E-state index contributed by atoms with van der Waals surface area (Å²) in [5.41, 5.74) is 2.77. The molecule has 9 heteroatoms. The van der Waals surface area contributed by atoms with Crippen LogP contribution in [0.5, 0.6) is 0 Å². The van der Waals surface area contributed by atoms with Gasteiger partial charge >= 0.3 is 5.97 Å². The minimum absolute atomic E-state index is 0.142. The Morgan fingerprint density at radius 1 is 1.05 bits per heavy atom. The number of aliphatic carboxylic acids is 1. The van der Waals surface area contributed by atoms with E-state index in [-0.39, 0.29) is 30.0 Å². The lowest BCUT2D eigenvalue weighted by Crippen LogP contribution is -2.28. The van der Waals surface area contributed by atoms with Crippen LogP contribution in [-0.4, -0.2) is 49.2 Å². The van der Waals surface area contributed by atoms with Crippen LogP contribution in [0.1, 0.15) is 72.9 Å². The van der Waals surface area contributed by atoms with Crippen molar-refractivity contribution < 1.29 is 29.3 Å². The van der Waals surface area contributed by atoms with Gasteiger partial charge in [-0.25, -0.2) is 9.07 Å². The van der Waals surface area contributed by atoms with Gasteiger partial charge in [-0.15, -0.1) is 0 Å². The maximum absolute atomic E-state index is 13.6. The van der Waals surface area contributed by atoms with Crippen molar-refractivity contribution in [3.8, 4) is 5.69 Å². The number of amides is 1. The molecule has 1 amide bonds. The Labute approximate surface area is 215 Å².